The standard InChI is InChI=1S/C18H18N2O2/c1-13-7-3-5-9-16(13)20-18(21)15(12-19)11-14-8-4-6-10-17(14)22-2/h3-10,15H,11H2,1-2H3,(H,20,21). The lowest BCUT2D eigenvalue weighted by Gasteiger charge is -2.13. The van der Waals surface area contributed by atoms with E-state index in [-0.39, 0.29) is 5.91 Å². The molecule has 0 saturated heterocycles. The largest absolute Gasteiger partial charge is 0.496 e. The van der Waals surface area contributed by atoms with Gasteiger partial charge >= 0.3 is 0 Å². The Bertz CT molecular complexity index is 704. The summed E-state index contributed by atoms with van der Waals surface area (Å²) in [6.45, 7) is 1.91. The SMILES string of the molecule is COc1ccccc1CC(C#N)C(=O)Nc1ccccc1C. The van der Waals surface area contributed by atoms with E-state index in [1.54, 1.807) is 7.11 Å². The minimum absolute atomic E-state index is 0.303. The van der Waals surface area contributed by atoms with E-state index >= 15 is 0 Å². The average molecular weight is 294 g/mol. The molecule has 112 valence electrons. The molecule has 0 aromatic heterocycles. The summed E-state index contributed by atoms with van der Waals surface area (Å²) in [5, 5.41) is 12.1. The Morgan fingerprint density at radius 1 is 1.23 bits per heavy atom. The number of amides is 1. The third-order valence-corrected chi connectivity index (χ3v) is 3.49. The Kier molecular flexibility index (Phi) is 5.16. The van der Waals surface area contributed by atoms with Crippen molar-refractivity contribution in [1.29, 1.82) is 5.26 Å². The van der Waals surface area contributed by atoms with Gasteiger partial charge in [0.1, 0.15) is 11.7 Å². The first-order valence-corrected chi connectivity index (χ1v) is 7.03. The van der Waals surface area contributed by atoms with Crippen molar-refractivity contribution in [3.63, 3.8) is 0 Å². The second-order valence-electron chi connectivity index (χ2n) is 5.00. The van der Waals surface area contributed by atoms with Crippen LogP contribution in [0, 0.1) is 24.2 Å². The van der Waals surface area contributed by atoms with Gasteiger partial charge in [0.15, 0.2) is 0 Å². The highest BCUT2D eigenvalue weighted by molar-refractivity contribution is 5.95. The zero-order valence-electron chi connectivity index (χ0n) is 12.7. The summed E-state index contributed by atoms with van der Waals surface area (Å²) in [6, 6.07) is 17.0. The molecule has 0 aliphatic carbocycles. The Hall–Kier alpha value is -2.80. The fourth-order valence-corrected chi connectivity index (χ4v) is 2.22. The van der Waals surface area contributed by atoms with Crippen LogP contribution in [0.1, 0.15) is 11.1 Å². The van der Waals surface area contributed by atoms with Crippen LogP contribution in [0.3, 0.4) is 0 Å². The molecular weight excluding hydrogens is 276 g/mol. The predicted molar refractivity (Wildman–Crippen MR) is 85.6 cm³/mol. The van der Waals surface area contributed by atoms with Crippen molar-refractivity contribution in [2.45, 2.75) is 13.3 Å². The van der Waals surface area contributed by atoms with Crippen LogP contribution in [0.4, 0.5) is 5.69 Å². The normalized spacial score (nSPS) is 11.3. The summed E-state index contributed by atoms with van der Waals surface area (Å²) in [7, 11) is 1.58. The van der Waals surface area contributed by atoms with E-state index in [0.717, 1.165) is 16.8 Å². The summed E-state index contributed by atoms with van der Waals surface area (Å²) in [5.41, 5.74) is 2.54. The molecule has 1 amide bonds. The van der Waals surface area contributed by atoms with Crippen molar-refractivity contribution in [3.05, 3.63) is 59.7 Å². The first-order chi connectivity index (χ1) is 10.7. The number of nitrogens with one attached hydrogen (secondary N) is 1. The molecule has 0 fully saturated rings. The molecule has 4 heteroatoms. The quantitative estimate of drug-likeness (QED) is 0.920. The molecule has 0 aliphatic heterocycles. The van der Waals surface area contributed by atoms with Gasteiger partial charge in [-0.05, 0) is 30.2 Å². The first-order valence-electron chi connectivity index (χ1n) is 7.03. The molecule has 2 aromatic rings. The highest BCUT2D eigenvalue weighted by Crippen LogP contribution is 2.22. The number of rotatable bonds is 5. The molecule has 2 aromatic carbocycles. The van der Waals surface area contributed by atoms with Gasteiger partial charge in [-0.2, -0.15) is 5.26 Å². The first kappa shape index (κ1) is 15.6. The van der Waals surface area contributed by atoms with Crippen molar-refractivity contribution in [2.75, 3.05) is 12.4 Å². The Labute approximate surface area is 130 Å². The van der Waals surface area contributed by atoms with E-state index in [4.69, 9.17) is 4.74 Å². The Balaban J connectivity index is 2.13. The Morgan fingerprint density at radius 3 is 2.59 bits per heavy atom. The third-order valence-electron chi connectivity index (χ3n) is 3.49. The van der Waals surface area contributed by atoms with Gasteiger partial charge in [0, 0.05) is 12.1 Å². The topological polar surface area (TPSA) is 62.1 Å². The summed E-state index contributed by atoms with van der Waals surface area (Å²) in [6.07, 6.45) is 0.318. The number of carbonyl (C=O) groups is 1. The molecule has 0 aliphatic rings. The molecule has 0 radical (unpaired) electrons. The maximum atomic E-state index is 12.3. The fraction of sp³-hybridized carbons (Fsp3) is 0.222. The molecule has 1 atom stereocenters. The van der Waals surface area contributed by atoms with Crippen LogP contribution < -0.4 is 10.1 Å². The van der Waals surface area contributed by atoms with Gasteiger partial charge in [0.05, 0.1) is 13.2 Å². The number of nitrogens with zero attached hydrogens (tertiary/aromatic N) is 1. The summed E-state index contributed by atoms with van der Waals surface area (Å²) in [4.78, 5) is 12.3. The zero-order valence-corrected chi connectivity index (χ0v) is 12.7. The van der Waals surface area contributed by atoms with E-state index in [9.17, 15) is 10.1 Å². The van der Waals surface area contributed by atoms with Gasteiger partial charge in [-0.15, -0.1) is 0 Å². The molecule has 0 saturated carbocycles. The van der Waals surface area contributed by atoms with Gasteiger partial charge < -0.3 is 10.1 Å². The van der Waals surface area contributed by atoms with Crippen molar-refractivity contribution in [2.24, 2.45) is 5.92 Å². The van der Waals surface area contributed by atoms with Gasteiger partial charge in [0.2, 0.25) is 5.91 Å². The molecule has 2 rings (SSSR count). The number of benzene rings is 2. The Morgan fingerprint density at radius 2 is 1.91 bits per heavy atom. The number of para-hydroxylation sites is 2. The van der Waals surface area contributed by atoms with Crippen molar-refractivity contribution in [1.82, 2.24) is 0 Å². The number of hydrogen-bond donors (Lipinski definition) is 1. The van der Waals surface area contributed by atoms with Crippen LogP contribution in [-0.4, -0.2) is 13.0 Å². The van der Waals surface area contributed by atoms with E-state index in [1.807, 2.05) is 55.5 Å². The molecule has 0 bridgehead atoms. The summed E-state index contributed by atoms with van der Waals surface area (Å²) < 4.78 is 5.27. The molecule has 0 spiro atoms. The van der Waals surface area contributed by atoms with Gasteiger partial charge in [-0.1, -0.05) is 36.4 Å². The number of nitriles is 1. The van der Waals surface area contributed by atoms with Crippen molar-refractivity contribution < 1.29 is 9.53 Å². The van der Waals surface area contributed by atoms with Crippen LogP contribution in [0.5, 0.6) is 5.75 Å². The second-order valence-corrected chi connectivity index (χ2v) is 5.00. The molecule has 1 N–H and O–H groups in total. The smallest absolute Gasteiger partial charge is 0.242 e. The minimum atomic E-state index is -0.768. The highest BCUT2D eigenvalue weighted by atomic mass is 16.5. The number of aryl methyl sites for hydroxylation is 1. The summed E-state index contributed by atoms with van der Waals surface area (Å²) >= 11 is 0. The number of ether oxygens (including phenoxy) is 1. The maximum absolute atomic E-state index is 12.3. The number of anilines is 1. The lowest BCUT2D eigenvalue weighted by molar-refractivity contribution is -0.118. The van der Waals surface area contributed by atoms with Crippen molar-refractivity contribution in [3.8, 4) is 11.8 Å². The predicted octanol–water partition coefficient (Wildman–Crippen LogP) is 3.32. The van der Waals surface area contributed by atoms with Crippen LogP contribution in [0.2, 0.25) is 0 Å². The van der Waals surface area contributed by atoms with E-state index in [2.05, 4.69) is 11.4 Å². The zero-order chi connectivity index (χ0) is 15.9. The highest BCUT2D eigenvalue weighted by Gasteiger charge is 2.20. The van der Waals surface area contributed by atoms with Crippen LogP contribution >= 0.6 is 0 Å². The van der Waals surface area contributed by atoms with Crippen LogP contribution in [0.25, 0.3) is 0 Å². The molecule has 1 unspecified atom stereocenters. The lowest BCUT2D eigenvalue weighted by Crippen LogP contribution is -2.24. The van der Waals surface area contributed by atoms with E-state index in [1.165, 1.54) is 0 Å². The number of carbonyl (C=O) groups excluding carboxylic acids is 1. The second kappa shape index (κ2) is 7.28. The third kappa shape index (κ3) is 3.64. The van der Waals surface area contributed by atoms with Crippen LogP contribution in [0.15, 0.2) is 48.5 Å². The van der Waals surface area contributed by atoms with Crippen molar-refractivity contribution >= 4 is 11.6 Å². The monoisotopic (exact) mass is 294 g/mol. The van der Waals surface area contributed by atoms with Gasteiger partial charge in [0.25, 0.3) is 0 Å². The average Bonchev–Trinajstić information content (AvgIpc) is 2.55. The number of methoxy groups -OCH3 is 1. The number of hydrogen-bond acceptors (Lipinski definition) is 3. The van der Waals surface area contributed by atoms with E-state index < -0.39 is 5.92 Å². The van der Waals surface area contributed by atoms with Crippen LogP contribution in [-0.2, 0) is 11.2 Å². The molecule has 22 heavy (non-hydrogen) atoms. The van der Waals surface area contributed by atoms with Gasteiger partial charge in [-0.25, -0.2) is 0 Å². The lowest BCUT2D eigenvalue weighted by atomic mass is 9.99. The molecule has 0 heterocycles. The minimum Gasteiger partial charge on any atom is -0.496 e. The van der Waals surface area contributed by atoms with Gasteiger partial charge in [-0.3, -0.25) is 4.79 Å². The summed E-state index contributed by atoms with van der Waals surface area (Å²) in [5.74, 6) is -0.384. The van der Waals surface area contributed by atoms with E-state index in [0.29, 0.717) is 12.2 Å². The molecular formula is C18H18N2O2. The molecule has 4 nitrogen and oxygen atoms in total. The fourth-order valence-electron chi connectivity index (χ4n) is 2.22. The maximum Gasteiger partial charge on any atom is 0.242 e.